The predicted molar refractivity (Wildman–Crippen MR) is 106 cm³/mol. The van der Waals surface area contributed by atoms with Crippen molar-refractivity contribution < 1.29 is 9.53 Å². The Kier molecular flexibility index (Phi) is 4.59. The number of nitrogens with zero attached hydrogens (tertiary/aromatic N) is 4. The normalized spacial score (nSPS) is 31.0. The Balaban J connectivity index is 1.43. The molecule has 1 aromatic heterocycles. The number of rotatable bonds is 5. The number of benzene rings is 1. The van der Waals surface area contributed by atoms with Gasteiger partial charge in [-0.25, -0.2) is 0 Å². The minimum Gasteiger partial charge on any atom is -0.496 e. The van der Waals surface area contributed by atoms with Crippen LogP contribution in [-0.4, -0.2) is 64.3 Å². The number of ether oxygens (including phenoxy) is 1. The zero-order chi connectivity index (χ0) is 19.1. The molecule has 28 heavy (non-hydrogen) atoms. The van der Waals surface area contributed by atoms with Crippen LogP contribution in [0.3, 0.4) is 0 Å². The lowest BCUT2D eigenvalue weighted by atomic mass is 9.75. The lowest BCUT2D eigenvalue weighted by Gasteiger charge is -2.51. The molecule has 6 nitrogen and oxygen atoms in total. The molecule has 0 aliphatic carbocycles. The summed E-state index contributed by atoms with van der Waals surface area (Å²) in [5.74, 6) is 2.15. The summed E-state index contributed by atoms with van der Waals surface area (Å²) in [6.07, 6.45) is 6.62. The summed E-state index contributed by atoms with van der Waals surface area (Å²) in [6, 6.07) is 11.0. The maximum atomic E-state index is 13.2. The smallest absolute Gasteiger partial charge is 0.224 e. The van der Waals surface area contributed by atoms with Gasteiger partial charge in [-0.05, 0) is 44.0 Å². The van der Waals surface area contributed by atoms with Crippen molar-refractivity contribution in [1.82, 2.24) is 19.6 Å². The largest absolute Gasteiger partial charge is 0.496 e. The van der Waals surface area contributed by atoms with E-state index in [1.54, 1.807) is 13.3 Å². The van der Waals surface area contributed by atoms with Crippen LogP contribution in [0.15, 0.2) is 42.7 Å². The number of hydrogen-bond donors (Lipinski definition) is 0. The molecule has 2 bridgehead atoms. The van der Waals surface area contributed by atoms with Crippen LogP contribution in [-0.2, 0) is 11.3 Å². The van der Waals surface area contributed by atoms with E-state index in [4.69, 9.17) is 4.74 Å². The van der Waals surface area contributed by atoms with Gasteiger partial charge in [-0.2, -0.15) is 5.10 Å². The number of aromatic nitrogens is 2. The number of aryl methyl sites for hydroxylation is 1. The second-order valence-corrected chi connectivity index (χ2v) is 8.27. The van der Waals surface area contributed by atoms with Crippen LogP contribution in [0.4, 0.5) is 0 Å². The molecule has 3 atom stereocenters. The Morgan fingerprint density at radius 1 is 1.18 bits per heavy atom. The van der Waals surface area contributed by atoms with E-state index in [0.717, 1.165) is 25.4 Å². The van der Waals surface area contributed by atoms with Gasteiger partial charge in [0, 0.05) is 49.4 Å². The van der Waals surface area contributed by atoms with Crippen molar-refractivity contribution in [3.05, 3.63) is 48.3 Å². The Hall–Kier alpha value is -2.34. The van der Waals surface area contributed by atoms with Crippen molar-refractivity contribution in [3.8, 4) is 5.75 Å². The first-order valence-electron chi connectivity index (χ1n) is 10.4. The number of carbonyl (C=O) groups is 1. The Morgan fingerprint density at radius 2 is 2.00 bits per heavy atom. The van der Waals surface area contributed by atoms with E-state index < -0.39 is 0 Å². The van der Waals surface area contributed by atoms with Gasteiger partial charge in [0.2, 0.25) is 5.91 Å². The molecule has 0 saturated carbocycles. The first-order chi connectivity index (χ1) is 13.8. The number of fused-ring (bicyclic) bond motifs is 2. The van der Waals surface area contributed by atoms with E-state index in [2.05, 4.69) is 27.0 Å². The number of para-hydroxylation sites is 1. The standard InChI is InChI=1S/C22H28N4O2/c1-28-19-6-3-2-5-17(19)18-15-26(20(27)9-14-25-11-4-10-23-25)21-16-7-12-24(13-8-16)22(18)21/h2-6,10-11,16,18,21-22H,7-9,12-15H2,1H3/t18-,21-,22-/m0/s1. The monoisotopic (exact) mass is 380 g/mol. The van der Waals surface area contributed by atoms with Crippen molar-refractivity contribution >= 4 is 5.91 Å². The molecule has 6 heteroatoms. The van der Waals surface area contributed by atoms with Crippen molar-refractivity contribution in [2.75, 3.05) is 26.7 Å². The predicted octanol–water partition coefficient (Wildman–Crippen LogP) is 2.37. The molecule has 6 rings (SSSR count). The zero-order valence-corrected chi connectivity index (χ0v) is 16.4. The fourth-order valence-electron chi connectivity index (χ4n) is 5.74. The second-order valence-electron chi connectivity index (χ2n) is 8.27. The van der Waals surface area contributed by atoms with Gasteiger partial charge >= 0.3 is 0 Å². The van der Waals surface area contributed by atoms with Gasteiger partial charge in [0.15, 0.2) is 0 Å². The number of likely N-dealkylation sites (tertiary alicyclic amines) is 1. The second kappa shape index (κ2) is 7.24. The fourth-order valence-corrected chi connectivity index (χ4v) is 5.74. The minimum absolute atomic E-state index is 0.261. The van der Waals surface area contributed by atoms with Crippen molar-refractivity contribution in [2.45, 2.75) is 43.8 Å². The van der Waals surface area contributed by atoms with Gasteiger partial charge in [0.25, 0.3) is 0 Å². The summed E-state index contributed by atoms with van der Waals surface area (Å²) in [7, 11) is 1.74. The quantitative estimate of drug-likeness (QED) is 0.799. The third-order valence-corrected chi connectivity index (χ3v) is 6.97. The molecule has 1 aromatic carbocycles. The van der Waals surface area contributed by atoms with Crippen LogP contribution >= 0.6 is 0 Å². The van der Waals surface area contributed by atoms with E-state index in [-0.39, 0.29) is 5.91 Å². The molecule has 4 aliphatic rings. The topological polar surface area (TPSA) is 50.6 Å². The van der Waals surface area contributed by atoms with E-state index >= 15 is 0 Å². The fraction of sp³-hybridized carbons (Fsp3) is 0.545. The van der Waals surface area contributed by atoms with Crippen molar-refractivity contribution in [1.29, 1.82) is 0 Å². The minimum atomic E-state index is 0.261. The average molecular weight is 380 g/mol. The van der Waals surface area contributed by atoms with E-state index in [1.807, 2.05) is 29.1 Å². The molecule has 148 valence electrons. The number of methoxy groups -OCH3 is 1. The van der Waals surface area contributed by atoms with Crippen molar-refractivity contribution in [3.63, 3.8) is 0 Å². The van der Waals surface area contributed by atoms with Gasteiger partial charge < -0.3 is 9.64 Å². The first-order valence-corrected chi connectivity index (χ1v) is 10.4. The van der Waals surface area contributed by atoms with E-state index in [0.29, 0.717) is 36.9 Å². The molecule has 4 fully saturated rings. The molecule has 0 spiro atoms. The van der Waals surface area contributed by atoms with Crippen LogP contribution in [0.1, 0.15) is 30.7 Å². The van der Waals surface area contributed by atoms with E-state index in [9.17, 15) is 4.79 Å². The molecular weight excluding hydrogens is 352 g/mol. The Labute approximate surface area is 166 Å². The molecular formula is C22H28N4O2. The highest BCUT2D eigenvalue weighted by Crippen LogP contribution is 2.48. The molecule has 5 heterocycles. The number of hydrogen-bond acceptors (Lipinski definition) is 4. The van der Waals surface area contributed by atoms with Crippen molar-refractivity contribution in [2.24, 2.45) is 5.92 Å². The number of amides is 1. The Morgan fingerprint density at radius 3 is 2.75 bits per heavy atom. The maximum Gasteiger partial charge on any atom is 0.224 e. The van der Waals surface area contributed by atoms with Gasteiger partial charge in [-0.3, -0.25) is 14.4 Å². The molecule has 2 aromatic rings. The summed E-state index contributed by atoms with van der Waals surface area (Å²) >= 11 is 0. The molecule has 4 aliphatic heterocycles. The molecule has 4 saturated heterocycles. The van der Waals surface area contributed by atoms with Gasteiger partial charge in [0.05, 0.1) is 13.2 Å². The van der Waals surface area contributed by atoms with Gasteiger partial charge in [-0.1, -0.05) is 18.2 Å². The van der Waals surface area contributed by atoms with Crippen LogP contribution < -0.4 is 4.74 Å². The Bertz CT molecular complexity index is 829. The van der Waals surface area contributed by atoms with E-state index in [1.165, 1.54) is 18.4 Å². The van der Waals surface area contributed by atoms with Gasteiger partial charge in [0.1, 0.15) is 5.75 Å². The third kappa shape index (κ3) is 2.91. The molecule has 0 unspecified atom stereocenters. The highest BCUT2D eigenvalue weighted by atomic mass is 16.5. The summed E-state index contributed by atoms with van der Waals surface area (Å²) in [5, 5.41) is 4.24. The molecule has 0 radical (unpaired) electrons. The highest BCUT2D eigenvalue weighted by Gasteiger charge is 2.54. The van der Waals surface area contributed by atoms with Crippen LogP contribution in [0.25, 0.3) is 0 Å². The lowest BCUT2D eigenvalue weighted by Crippen LogP contribution is -2.60. The first kappa shape index (κ1) is 17.7. The SMILES string of the molecule is COc1ccccc1[C@@H]1CN(C(=O)CCn2cccn2)[C@H]2C3CCN(CC3)[C@@H]12. The molecule has 1 amide bonds. The summed E-state index contributed by atoms with van der Waals surface area (Å²) in [4.78, 5) is 18.1. The highest BCUT2D eigenvalue weighted by molar-refractivity contribution is 5.77. The summed E-state index contributed by atoms with van der Waals surface area (Å²) < 4.78 is 7.52. The van der Waals surface area contributed by atoms with Crippen LogP contribution in [0.2, 0.25) is 0 Å². The molecule has 0 N–H and O–H groups in total. The summed E-state index contributed by atoms with van der Waals surface area (Å²) in [6.45, 7) is 3.76. The zero-order valence-electron chi connectivity index (χ0n) is 16.4. The van der Waals surface area contributed by atoms with Crippen LogP contribution in [0.5, 0.6) is 5.75 Å². The average Bonchev–Trinajstić information content (AvgIpc) is 3.42. The van der Waals surface area contributed by atoms with Crippen LogP contribution in [0, 0.1) is 5.92 Å². The maximum absolute atomic E-state index is 13.2. The number of piperidine rings is 3. The summed E-state index contributed by atoms with van der Waals surface area (Å²) in [5.41, 5.74) is 1.25. The third-order valence-electron chi connectivity index (χ3n) is 6.97. The number of carbonyl (C=O) groups excluding carboxylic acids is 1. The lowest BCUT2D eigenvalue weighted by molar-refractivity contribution is -0.136. The van der Waals surface area contributed by atoms with Gasteiger partial charge in [-0.15, -0.1) is 0 Å².